The smallest absolute Gasteiger partial charge is 0.253 e. The second kappa shape index (κ2) is 7.25. The van der Waals surface area contributed by atoms with Crippen molar-refractivity contribution in [2.75, 3.05) is 13.1 Å². The molecule has 1 aliphatic heterocycles. The van der Waals surface area contributed by atoms with Crippen molar-refractivity contribution in [3.63, 3.8) is 0 Å². The number of aromatic nitrogens is 1. The van der Waals surface area contributed by atoms with E-state index in [4.69, 9.17) is 4.42 Å². The molecule has 0 bridgehead atoms. The zero-order valence-corrected chi connectivity index (χ0v) is 13.1. The van der Waals surface area contributed by atoms with Gasteiger partial charge in [0.25, 0.3) is 5.91 Å². The number of rotatable bonds is 4. The van der Waals surface area contributed by atoms with Crippen LogP contribution in [0.1, 0.15) is 45.4 Å². The van der Waals surface area contributed by atoms with E-state index in [-0.39, 0.29) is 11.8 Å². The number of carbonyl (C=O) groups excluding carboxylic acids is 1. The lowest BCUT2D eigenvalue weighted by atomic mass is 9.97. The highest BCUT2D eigenvalue weighted by Gasteiger charge is 2.28. The Balaban J connectivity index is 2.11. The Kier molecular flexibility index (Phi) is 5.37. The molecule has 2 heterocycles. The molecule has 1 fully saturated rings. The second-order valence-electron chi connectivity index (χ2n) is 5.83. The molecule has 0 aromatic carbocycles. The van der Waals surface area contributed by atoms with Gasteiger partial charge in [-0.25, -0.2) is 4.98 Å². The Labute approximate surface area is 126 Å². The van der Waals surface area contributed by atoms with Gasteiger partial charge in [0.2, 0.25) is 0 Å². The van der Waals surface area contributed by atoms with Gasteiger partial charge >= 0.3 is 0 Å². The van der Waals surface area contributed by atoms with Crippen LogP contribution in [0.15, 0.2) is 40.7 Å². The second-order valence-corrected chi connectivity index (χ2v) is 5.83. The molecule has 1 aromatic rings. The number of oxazole rings is 1. The Hall–Kier alpha value is -1.84. The maximum Gasteiger partial charge on any atom is 0.253 e. The van der Waals surface area contributed by atoms with Gasteiger partial charge in [0.05, 0.1) is 12.1 Å². The number of hydrogen-bond donors (Lipinski definition) is 0. The zero-order valence-electron chi connectivity index (χ0n) is 13.1. The summed E-state index contributed by atoms with van der Waals surface area (Å²) in [6.45, 7) is 7.60. The average molecular weight is 288 g/mol. The SMILES string of the molecule is C/C=C\C(=C/C(C)C)C(=O)N1CCC[C@@H](c2ncco2)C1. The van der Waals surface area contributed by atoms with Crippen molar-refractivity contribution >= 4 is 5.91 Å². The molecule has 1 saturated heterocycles. The van der Waals surface area contributed by atoms with Crippen LogP contribution < -0.4 is 0 Å². The first kappa shape index (κ1) is 15.5. The maximum atomic E-state index is 12.7. The number of likely N-dealkylation sites (tertiary alicyclic amines) is 1. The Bertz CT molecular complexity index is 515. The molecule has 4 heteroatoms. The van der Waals surface area contributed by atoms with Gasteiger partial charge < -0.3 is 9.32 Å². The molecule has 0 saturated carbocycles. The van der Waals surface area contributed by atoms with Gasteiger partial charge in [0.1, 0.15) is 6.26 Å². The third-order valence-electron chi connectivity index (χ3n) is 3.62. The normalized spacial score (nSPS) is 20.5. The average Bonchev–Trinajstić information content (AvgIpc) is 3.00. The molecule has 1 amide bonds. The molecule has 1 atom stereocenters. The van der Waals surface area contributed by atoms with Crippen LogP contribution >= 0.6 is 0 Å². The fourth-order valence-electron chi connectivity index (χ4n) is 2.72. The highest BCUT2D eigenvalue weighted by molar-refractivity contribution is 5.96. The molecular weight excluding hydrogens is 264 g/mol. The highest BCUT2D eigenvalue weighted by Crippen LogP contribution is 2.26. The maximum absolute atomic E-state index is 12.7. The van der Waals surface area contributed by atoms with Crippen molar-refractivity contribution < 1.29 is 9.21 Å². The minimum absolute atomic E-state index is 0.109. The van der Waals surface area contributed by atoms with Gasteiger partial charge in [-0.3, -0.25) is 4.79 Å². The summed E-state index contributed by atoms with van der Waals surface area (Å²) in [5.74, 6) is 1.42. The summed E-state index contributed by atoms with van der Waals surface area (Å²) in [5, 5.41) is 0. The lowest BCUT2D eigenvalue weighted by Gasteiger charge is -2.31. The van der Waals surface area contributed by atoms with Crippen LogP contribution in [-0.4, -0.2) is 28.9 Å². The van der Waals surface area contributed by atoms with E-state index in [1.54, 1.807) is 12.5 Å². The number of piperidine rings is 1. The molecule has 0 spiro atoms. The molecule has 1 aromatic heterocycles. The molecule has 0 aliphatic carbocycles. The van der Waals surface area contributed by atoms with Gasteiger partial charge in [-0.2, -0.15) is 0 Å². The lowest BCUT2D eigenvalue weighted by molar-refractivity contribution is -0.128. The van der Waals surface area contributed by atoms with Gasteiger partial charge in [0.15, 0.2) is 5.89 Å². The van der Waals surface area contributed by atoms with Crippen molar-refractivity contribution in [3.8, 4) is 0 Å². The van der Waals surface area contributed by atoms with Crippen LogP contribution in [-0.2, 0) is 4.79 Å². The van der Waals surface area contributed by atoms with Gasteiger partial charge in [-0.05, 0) is 25.7 Å². The summed E-state index contributed by atoms with van der Waals surface area (Å²) in [7, 11) is 0. The van der Waals surface area contributed by atoms with Crippen molar-refractivity contribution in [2.24, 2.45) is 5.92 Å². The number of carbonyl (C=O) groups is 1. The first-order valence-electron chi connectivity index (χ1n) is 7.65. The molecule has 21 heavy (non-hydrogen) atoms. The van der Waals surface area contributed by atoms with Crippen LogP contribution in [0, 0.1) is 5.92 Å². The van der Waals surface area contributed by atoms with E-state index in [1.165, 1.54) is 0 Å². The Morgan fingerprint density at radius 1 is 1.52 bits per heavy atom. The molecular formula is C17H24N2O2. The van der Waals surface area contributed by atoms with Crippen molar-refractivity contribution in [1.82, 2.24) is 9.88 Å². The van der Waals surface area contributed by atoms with E-state index in [0.717, 1.165) is 30.9 Å². The number of amides is 1. The Morgan fingerprint density at radius 3 is 2.95 bits per heavy atom. The Morgan fingerprint density at radius 2 is 2.33 bits per heavy atom. The first-order valence-corrected chi connectivity index (χ1v) is 7.65. The van der Waals surface area contributed by atoms with Crippen molar-refractivity contribution in [1.29, 1.82) is 0 Å². The molecule has 0 unspecified atom stereocenters. The summed E-state index contributed by atoms with van der Waals surface area (Å²) < 4.78 is 5.40. The number of nitrogens with zero attached hydrogens (tertiary/aromatic N) is 2. The van der Waals surface area contributed by atoms with Gasteiger partial charge in [-0.15, -0.1) is 0 Å². The molecule has 4 nitrogen and oxygen atoms in total. The van der Waals surface area contributed by atoms with Crippen LogP contribution in [0.3, 0.4) is 0 Å². The molecule has 0 radical (unpaired) electrons. The molecule has 114 valence electrons. The summed E-state index contributed by atoms with van der Waals surface area (Å²) >= 11 is 0. The van der Waals surface area contributed by atoms with E-state index in [1.807, 2.05) is 30.1 Å². The van der Waals surface area contributed by atoms with Gasteiger partial charge in [0, 0.05) is 18.7 Å². The van der Waals surface area contributed by atoms with Crippen LogP contribution in [0.2, 0.25) is 0 Å². The topological polar surface area (TPSA) is 46.3 Å². The highest BCUT2D eigenvalue weighted by atomic mass is 16.3. The fraction of sp³-hybridized carbons (Fsp3) is 0.529. The standard InChI is InChI=1S/C17H24N2O2/c1-4-6-14(11-13(2)3)17(20)19-9-5-7-15(12-19)16-18-8-10-21-16/h4,6,8,10-11,13,15H,5,7,9,12H2,1-3H3/b6-4-,14-11+/t15-/m1/s1. The van der Waals surface area contributed by atoms with Crippen molar-refractivity contribution in [3.05, 3.63) is 42.2 Å². The molecule has 0 N–H and O–H groups in total. The van der Waals surface area contributed by atoms with E-state index in [9.17, 15) is 4.79 Å². The number of hydrogen-bond acceptors (Lipinski definition) is 3. The third-order valence-corrected chi connectivity index (χ3v) is 3.62. The summed E-state index contributed by atoms with van der Waals surface area (Å²) in [4.78, 5) is 18.8. The predicted octanol–water partition coefficient (Wildman–Crippen LogP) is 3.54. The predicted molar refractivity (Wildman–Crippen MR) is 82.8 cm³/mol. The minimum Gasteiger partial charge on any atom is -0.449 e. The summed E-state index contributed by atoms with van der Waals surface area (Å²) in [6, 6.07) is 0. The van der Waals surface area contributed by atoms with Crippen molar-refractivity contribution in [2.45, 2.75) is 39.5 Å². The monoisotopic (exact) mass is 288 g/mol. The first-order chi connectivity index (χ1) is 10.1. The largest absolute Gasteiger partial charge is 0.449 e. The van der Waals surface area contributed by atoms with E-state index >= 15 is 0 Å². The number of allylic oxidation sites excluding steroid dienone is 2. The summed E-state index contributed by atoms with van der Waals surface area (Å²) in [5.41, 5.74) is 0.778. The molecule has 2 rings (SSSR count). The third kappa shape index (κ3) is 4.06. The zero-order chi connectivity index (χ0) is 15.2. The minimum atomic E-state index is 0.109. The van der Waals surface area contributed by atoms with Crippen LogP contribution in [0.4, 0.5) is 0 Å². The fourth-order valence-corrected chi connectivity index (χ4v) is 2.72. The van der Waals surface area contributed by atoms with E-state index in [0.29, 0.717) is 12.5 Å². The summed E-state index contributed by atoms with van der Waals surface area (Å²) in [6.07, 6.45) is 11.1. The van der Waals surface area contributed by atoms with Crippen LogP contribution in [0.25, 0.3) is 0 Å². The van der Waals surface area contributed by atoms with E-state index in [2.05, 4.69) is 18.8 Å². The lowest BCUT2D eigenvalue weighted by Crippen LogP contribution is -2.39. The van der Waals surface area contributed by atoms with Gasteiger partial charge in [-0.1, -0.05) is 32.1 Å². The quantitative estimate of drug-likeness (QED) is 0.629. The molecule has 1 aliphatic rings. The van der Waals surface area contributed by atoms with E-state index < -0.39 is 0 Å². The van der Waals surface area contributed by atoms with Crippen LogP contribution in [0.5, 0.6) is 0 Å².